The first-order valence-corrected chi connectivity index (χ1v) is 8.65. The molecule has 2 rings (SSSR count). The summed E-state index contributed by atoms with van der Waals surface area (Å²) in [7, 11) is 0. The van der Waals surface area contributed by atoms with E-state index in [9.17, 15) is 4.79 Å². The third-order valence-corrected chi connectivity index (χ3v) is 3.87. The molecule has 0 radical (unpaired) electrons. The van der Waals surface area contributed by atoms with Crippen molar-refractivity contribution in [2.45, 2.75) is 26.6 Å². The molecule has 0 aliphatic carbocycles. The highest BCUT2D eigenvalue weighted by molar-refractivity contribution is 5.72. The van der Waals surface area contributed by atoms with Gasteiger partial charge in [-0.2, -0.15) is 0 Å². The highest BCUT2D eigenvalue weighted by atomic mass is 16.5. The Kier molecular flexibility index (Phi) is 8.67. The molecule has 0 fully saturated rings. The Morgan fingerprint density at radius 1 is 0.920 bits per heavy atom. The van der Waals surface area contributed by atoms with E-state index < -0.39 is 0 Å². The molecule has 0 bridgehead atoms. The van der Waals surface area contributed by atoms with Crippen LogP contribution in [0.25, 0.3) is 0 Å². The zero-order valence-corrected chi connectivity index (χ0v) is 14.8. The number of benzene rings is 2. The maximum absolute atomic E-state index is 10.9. The Bertz CT molecular complexity index is 635. The number of hydrogen-bond acceptors (Lipinski definition) is 3. The van der Waals surface area contributed by atoms with Crippen molar-refractivity contribution in [2.75, 3.05) is 13.2 Å². The van der Waals surface area contributed by atoms with E-state index in [2.05, 4.69) is 12.1 Å². The van der Waals surface area contributed by atoms with E-state index in [0.29, 0.717) is 26.4 Å². The first-order valence-electron chi connectivity index (χ1n) is 8.65. The summed E-state index contributed by atoms with van der Waals surface area (Å²) in [6.45, 7) is 4.22. The van der Waals surface area contributed by atoms with Crippen molar-refractivity contribution in [1.82, 2.24) is 0 Å². The van der Waals surface area contributed by atoms with Crippen molar-refractivity contribution in [3.8, 4) is 0 Å². The lowest BCUT2D eigenvalue weighted by molar-refractivity contribution is -0.104. The SMILES string of the molecule is C/C(C=O)=C\[C@H](CCOCc1ccccc1)COCc1ccccc1. The van der Waals surface area contributed by atoms with Gasteiger partial charge in [0.25, 0.3) is 0 Å². The van der Waals surface area contributed by atoms with E-state index in [1.807, 2.05) is 61.5 Å². The van der Waals surface area contributed by atoms with Crippen molar-refractivity contribution in [2.24, 2.45) is 5.92 Å². The van der Waals surface area contributed by atoms with Crippen molar-refractivity contribution in [3.05, 3.63) is 83.4 Å². The molecule has 0 aliphatic rings. The monoisotopic (exact) mass is 338 g/mol. The van der Waals surface area contributed by atoms with E-state index in [-0.39, 0.29) is 5.92 Å². The largest absolute Gasteiger partial charge is 0.377 e. The summed E-state index contributed by atoms with van der Waals surface area (Å²) in [4.78, 5) is 10.9. The van der Waals surface area contributed by atoms with Crippen LogP contribution in [-0.4, -0.2) is 19.5 Å². The Morgan fingerprint density at radius 3 is 2.04 bits per heavy atom. The van der Waals surface area contributed by atoms with Gasteiger partial charge in [0.2, 0.25) is 0 Å². The van der Waals surface area contributed by atoms with Gasteiger partial charge >= 0.3 is 0 Å². The fourth-order valence-electron chi connectivity index (χ4n) is 2.53. The smallest absolute Gasteiger partial charge is 0.145 e. The molecule has 132 valence electrons. The van der Waals surface area contributed by atoms with Gasteiger partial charge in [0.05, 0.1) is 19.8 Å². The minimum Gasteiger partial charge on any atom is -0.377 e. The van der Waals surface area contributed by atoms with Gasteiger partial charge in [-0.05, 0) is 30.0 Å². The minimum atomic E-state index is 0.171. The Labute approximate surface area is 150 Å². The molecule has 0 aliphatic heterocycles. The molecule has 0 amide bonds. The molecule has 0 spiro atoms. The zero-order valence-electron chi connectivity index (χ0n) is 14.8. The van der Waals surface area contributed by atoms with E-state index in [1.54, 1.807) is 0 Å². The Balaban J connectivity index is 1.76. The first-order chi connectivity index (χ1) is 12.3. The standard InChI is InChI=1S/C22H26O3/c1-19(15-23)14-22(18-25-17-21-10-6-3-7-11-21)12-13-24-16-20-8-4-2-5-9-20/h2-11,14-15,22H,12-13,16-18H2,1H3/b19-14+/t22-/m0/s1. The number of ether oxygens (including phenoxy) is 2. The second-order valence-electron chi connectivity index (χ2n) is 6.12. The topological polar surface area (TPSA) is 35.5 Å². The van der Waals surface area contributed by atoms with Crippen LogP contribution in [0.5, 0.6) is 0 Å². The fourth-order valence-corrected chi connectivity index (χ4v) is 2.53. The van der Waals surface area contributed by atoms with Crippen molar-refractivity contribution < 1.29 is 14.3 Å². The molecule has 0 unspecified atom stereocenters. The quantitative estimate of drug-likeness (QED) is 0.342. The lowest BCUT2D eigenvalue weighted by Crippen LogP contribution is -2.11. The molecule has 1 atom stereocenters. The molecule has 3 nitrogen and oxygen atoms in total. The van der Waals surface area contributed by atoms with Gasteiger partial charge in [-0.1, -0.05) is 66.7 Å². The molecule has 0 heterocycles. The average Bonchev–Trinajstić information content (AvgIpc) is 2.66. The second kappa shape index (κ2) is 11.3. The highest BCUT2D eigenvalue weighted by Crippen LogP contribution is 2.12. The molecule has 0 saturated heterocycles. The van der Waals surface area contributed by atoms with Gasteiger partial charge in [0.15, 0.2) is 0 Å². The predicted molar refractivity (Wildman–Crippen MR) is 100 cm³/mol. The molecule has 0 N–H and O–H groups in total. The molecule has 2 aromatic carbocycles. The van der Waals surface area contributed by atoms with Crippen LogP contribution >= 0.6 is 0 Å². The van der Waals surface area contributed by atoms with Gasteiger partial charge < -0.3 is 9.47 Å². The van der Waals surface area contributed by atoms with Crippen molar-refractivity contribution in [3.63, 3.8) is 0 Å². The number of rotatable bonds is 11. The minimum absolute atomic E-state index is 0.171. The summed E-state index contributed by atoms with van der Waals surface area (Å²) in [6, 6.07) is 20.2. The molecule has 25 heavy (non-hydrogen) atoms. The van der Waals surface area contributed by atoms with Crippen LogP contribution in [0.4, 0.5) is 0 Å². The van der Waals surface area contributed by atoms with Gasteiger partial charge in [-0.15, -0.1) is 0 Å². The van der Waals surface area contributed by atoms with E-state index in [4.69, 9.17) is 9.47 Å². The first kappa shape index (κ1) is 19.1. The molecule has 0 aromatic heterocycles. The van der Waals surface area contributed by atoms with E-state index >= 15 is 0 Å². The number of hydrogen-bond donors (Lipinski definition) is 0. The Hall–Kier alpha value is -2.23. The van der Waals surface area contributed by atoms with Crippen molar-refractivity contribution >= 4 is 6.29 Å². The van der Waals surface area contributed by atoms with Gasteiger partial charge in [0.1, 0.15) is 6.29 Å². The summed E-state index contributed by atoms with van der Waals surface area (Å²) < 4.78 is 11.6. The maximum Gasteiger partial charge on any atom is 0.145 e. The predicted octanol–water partition coefficient (Wildman–Crippen LogP) is 4.57. The van der Waals surface area contributed by atoms with Crippen LogP contribution in [-0.2, 0) is 27.5 Å². The van der Waals surface area contributed by atoms with Crippen LogP contribution in [0.3, 0.4) is 0 Å². The molecular formula is C22H26O3. The van der Waals surface area contributed by atoms with Gasteiger partial charge in [0, 0.05) is 12.5 Å². The van der Waals surface area contributed by atoms with Crippen molar-refractivity contribution in [1.29, 1.82) is 0 Å². The lowest BCUT2D eigenvalue weighted by Gasteiger charge is -2.14. The number of aldehydes is 1. The maximum atomic E-state index is 10.9. The highest BCUT2D eigenvalue weighted by Gasteiger charge is 2.07. The zero-order chi connectivity index (χ0) is 17.7. The number of carbonyl (C=O) groups is 1. The molecule has 0 saturated carbocycles. The summed E-state index contributed by atoms with van der Waals surface area (Å²) in [5.41, 5.74) is 3.05. The van der Waals surface area contributed by atoms with Crippen LogP contribution < -0.4 is 0 Å². The number of carbonyl (C=O) groups excluding carboxylic acids is 1. The summed E-state index contributed by atoms with van der Waals surface area (Å²) >= 11 is 0. The number of allylic oxidation sites excluding steroid dienone is 1. The summed E-state index contributed by atoms with van der Waals surface area (Å²) in [6.07, 6.45) is 3.69. The van der Waals surface area contributed by atoms with E-state index in [1.165, 1.54) is 5.56 Å². The van der Waals surface area contributed by atoms with Crippen LogP contribution in [0.2, 0.25) is 0 Å². The van der Waals surface area contributed by atoms with Crippen LogP contribution in [0.15, 0.2) is 72.3 Å². The Morgan fingerprint density at radius 2 is 1.48 bits per heavy atom. The second-order valence-corrected chi connectivity index (χ2v) is 6.12. The van der Waals surface area contributed by atoms with Crippen LogP contribution in [0.1, 0.15) is 24.5 Å². The molecule has 3 heteroatoms. The summed E-state index contributed by atoms with van der Waals surface area (Å²) in [5.74, 6) is 0.171. The van der Waals surface area contributed by atoms with Crippen LogP contribution in [0, 0.1) is 5.92 Å². The average molecular weight is 338 g/mol. The third-order valence-electron chi connectivity index (χ3n) is 3.87. The molecular weight excluding hydrogens is 312 g/mol. The summed E-state index contributed by atoms with van der Waals surface area (Å²) in [5, 5.41) is 0. The van der Waals surface area contributed by atoms with Gasteiger partial charge in [-0.3, -0.25) is 4.79 Å². The third kappa shape index (κ3) is 7.92. The molecule has 2 aromatic rings. The van der Waals surface area contributed by atoms with E-state index in [0.717, 1.165) is 23.8 Å². The lowest BCUT2D eigenvalue weighted by atomic mass is 10.0. The van der Waals surface area contributed by atoms with Gasteiger partial charge in [-0.25, -0.2) is 0 Å². The normalized spacial score (nSPS) is 12.8. The fraction of sp³-hybridized carbons (Fsp3) is 0.318.